The normalized spacial score (nSPS) is 37.1. The third kappa shape index (κ3) is 3.99. The number of rotatable bonds is 4. The highest BCUT2D eigenvalue weighted by Crippen LogP contribution is 2.36. The summed E-state index contributed by atoms with van der Waals surface area (Å²) < 4.78 is 0. The van der Waals surface area contributed by atoms with Crippen molar-refractivity contribution in [3.63, 3.8) is 0 Å². The first-order valence-electron chi connectivity index (χ1n) is 7.82. The molecule has 0 radical (unpaired) electrons. The van der Waals surface area contributed by atoms with E-state index in [4.69, 9.17) is 10.4 Å². The van der Waals surface area contributed by atoms with Crippen LogP contribution in [0.25, 0.3) is 0 Å². The molecule has 2 aliphatic rings. The molecule has 2 rings (SSSR count). The maximum Gasteiger partial charge on any atom is 0.0655 e. The maximum atomic E-state index is 9.13. The van der Waals surface area contributed by atoms with Gasteiger partial charge < -0.3 is 5.11 Å². The molecule has 0 aromatic heterocycles. The van der Waals surface area contributed by atoms with E-state index in [2.05, 4.69) is 6.07 Å². The van der Waals surface area contributed by atoms with E-state index in [1.54, 1.807) is 0 Å². The predicted octanol–water partition coefficient (Wildman–Crippen LogP) is 3.90. The van der Waals surface area contributed by atoms with E-state index in [-0.39, 0.29) is 0 Å². The highest BCUT2D eigenvalue weighted by atomic mass is 16.3. The van der Waals surface area contributed by atoms with Gasteiger partial charge in [-0.2, -0.15) is 5.26 Å². The van der Waals surface area contributed by atoms with Crippen molar-refractivity contribution >= 4 is 0 Å². The van der Waals surface area contributed by atoms with Gasteiger partial charge in [0.05, 0.1) is 6.07 Å². The van der Waals surface area contributed by atoms with Crippen molar-refractivity contribution in [1.82, 2.24) is 0 Å². The van der Waals surface area contributed by atoms with Crippen LogP contribution in [-0.2, 0) is 0 Å². The summed E-state index contributed by atoms with van der Waals surface area (Å²) in [7, 11) is 0. The Morgan fingerprint density at radius 3 is 1.67 bits per heavy atom. The monoisotopic (exact) mass is 249 g/mol. The molecule has 2 fully saturated rings. The molecule has 0 aromatic carbocycles. The van der Waals surface area contributed by atoms with Gasteiger partial charge in [-0.3, -0.25) is 0 Å². The Labute approximate surface area is 111 Å². The molecule has 0 atom stereocenters. The van der Waals surface area contributed by atoms with Crippen LogP contribution in [0.2, 0.25) is 0 Å². The van der Waals surface area contributed by atoms with Gasteiger partial charge in [0.1, 0.15) is 0 Å². The molecular formula is C16H27NO. The first kappa shape index (κ1) is 13.9. The van der Waals surface area contributed by atoms with Crippen molar-refractivity contribution in [1.29, 1.82) is 5.26 Å². The topological polar surface area (TPSA) is 44.0 Å². The Kier molecular flexibility index (Phi) is 5.50. The lowest BCUT2D eigenvalue weighted by Gasteiger charge is -2.30. The fourth-order valence-corrected chi connectivity index (χ4v) is 3.75. The summed E-state index contributed by atoms with van der Waals surface area (Å²) in [6, 6.07) is 2.42. The quantitative estimate of drug-likeness (QED) is 0.821. The maximum absolute atomic E-state index is 9.13. The highest BCUT2D eigenvalue weighted by Gasteiger charge is 2.24. The van der Waals surface area contributed by atoms with Crippen LogP contribution in [0.3, 0.4) is 0 Å². The molecule has 2 nitrogen and oxygen atoms in total. The molecule has 2 heteroatoms. The van der Waals surface area contributed by atoms with Crippen molar-refractivity contribution in [3.05, 3.63) is 0 Å². The average molecular weight is 249 g/mol. The van der Waals surface area contributed by atoms with Crippen molar-refractivity contribution in [2.45, 2.75) is 64.2 Å². The van der Waals surface area contributed by atoms with E-state index in [1.807, 2.05) is 0 Å². The second-order valence-corrected chi connectivity index (χ2v) is 6.49. The van der Waals surface area contributed by atoms with Crippen LogP contribution in [0.15, 0.2) is 0 Å². The number of aliphatic hydroxyl groups is 1. The number of nitriles is 1. The van der Waals surface area contributed by atoms with Gasteiger partial charge in [0, 0.05) is 12.5 Å². The minimum atomic E-state index is 0.348. The molecule has 0 spiro atoms. The molecule has 2 saturated carbocycles. The van der Waals surface area contributed by atoms with Gasteiger partial charge in [-0.05, 0) is 56.3 Å². The van der Waals surface area contributed by atoms with Crippen molar-refractivity contribution in [3.8, 4) is 6.07 Å². The van der Waals surface area contributed by atoms with Gasteiger partial charge in [-0.1, -0.05) is 25.7 Å². The van der Waals surface area contributed by atoms with E-state index < -0.39 is 0 Å². The molecule has 0 amide bonds. The second kappa shape index (κ2) is 7.14. The molecule has 0 aromatic rings. The Hall–Kier alpha value is -0.550. The summed E-state index contributed by atoms with van der Waals surface area (Å²) in [6.45, 7) is 0.394. The zero-order valence-electron chi connectivity index (χ0n) is 11.5. The summed E-state index contributed by atoms with van der Waals surface area (Å²) in [5.74, 6) is 2.75. The average Bonchev–Trinajstić information content (AvgIpc) is 2.46. The number of aliphatic hydroxyl groups excluding tert-OH is 1. The largest absolute Gasteiger partial charge is 0.396 e. The highest BCUT2D eigenvalue weighted by molar-refractivity contribution is 4.87. The molecule has 0 unspecified atom stereocenters. The molecule has 0 saturated heterocycles. The molecule has 0 bridgehead atoms. The Morgan fingerprint density at radius 1 is 0.778 bits per heavy atom. The zero-order valence-corrected chi connectivity index (χ0v) is 11.5. The summed E-state index contributed by atoms with van der Waals surface area (Å²) in [4.78, 5) is 0. The van der Waals surface area contributed by atoms with Crippen LogP contribution in [0.1, 0.15) is 64.2 Å². The van der Waals surface area contributed by atoms with Gasteiger partial charge in [0.2, 0.25) is 0 Å². The van der Waals surface area contributed by atoms with E-state index in [9.17, 15) is 0 Å². The SMILES string of the molecule is N#CC1CCC(CCC2CCC(CO)CC2)CC1. The van der Waals surface area contributed by atoms with Crippen LogP contribution in [0.4, 0.5) is 0 Å². The fraction of sp³-hybridized carbons (Fsp3) is 0.938. The Balaban J connectivity index is 1.60. The molecule has 0 aliphatic heterocycles. The molecule has 1 N–H and O–H groups in total. The first-order valence-corrected chi connectivity index (χ1v) is 7.82. The first-order chi connectivity index (χ1) is 8.81. The van der Waals surface area contributed by atoms with Crippen LogP contribution in [0.5, 0.6) is 0 Å². The van der Waals surface area contributed by atoms with Gasteiger partial charge in [0.15, 0.2) is 0 Å². The van der Waals surface area contributed by atoms with Gasteiger partial charge >= 0.3 is 0 Å². The summed E-state index contributed by atoms with van der Waals surface area (Å²) in [5.41, 5.74) is 0. The van der Waals surface area contributed by atoms with E-state index >= 15 is 0 Å². The summed E-state index contributed by atoms with van der Waals surface area (Å²) in [5, 5.41) is 18.0. The fourth-order valence-electron chi connectivity index (χ4n) is 3.75. The van der Waals surface area contributed by atoms with Crippen LogP contribution in [-0.4, -0.2) is 11.7 Å². The molecule has 2 aliphatic carbocycles. The lowest BCUT2D eigenvalue weighted by molar-refractivity contribution is 0.158. The Morgan fingerprint density at radius 2 is 1.22 bits per heavy atom. The lowest BCUT2D eigenvalue weighted by atomic mass is 9.76. The number of nitrogens with zero attached hydrogens (tertiary/aromatic N) is 1. The van der Waals surface area contributed by atoms with Crippen LogP contribution >= 0.6 is 0 Å². The minimum Gasteiger partial charge on any atom is -0.396 e. The molecule has 0 heterocycles. The predicted molar refractivity (Wildman–Crippen MR) is 72.8 cm³/mol. The van der Waals surface area contributed by atoms with E-state index in [1.165, 1.54) is 51.4 Å². The summed E-state index contributed by atoms with van der Waals surface area (Å²) in [6.07, 6.45) is 12.8. The number of hydrogen-bond donors (Lipinski definition) is 1. The van der Waals surface area contributed by atoms with Gasteiger partial charge in [-0.25, -0.2) is 0 Å². The van der Waals surface area contributed by atoms with Crippen LogP contribution in [0, 0.1) is 35.0 Å². The van der Waals surface area contributed by atoms with Crippen molar-refractivity contribution in [2.75, 3.05) is 6.61 Å². The smallest absolute Gasteiger partial charge is 0.0655 e. The lowest BCUT2D eigenvalue weighted by Crippen LogP contribution is -2.19. The third-order valence-corrected chi connectivity index (χ3v) is 5.24. The minimum absolute atomic E-state index is 0.348. The second-order valence-electron chi connectivity index (χ2n) is 6.49. The van der Waals surface area contributed by atoms with Gasteiger partial charge in [0.25, 0.3) is 0 Å². The standard InChI is InChI=1S/C16H27NO/c17-11-15-7-3-13(4-8-15)1-2-14-5-9-16(12-18)10-6-14/h13-16,18H,1-10,12H2. The van der Waals surface area contributed by atoms with E-state index in [0.29, 0.717) is 18.4 Å². The van der Waals surface area contributed by atoms with Crippen molar-refractivity contribution in [2.24, 2.45) is 23.7 Å². The third-order valence-electron chi connectivity index (χ3n) is 5.24. The van der Waals surface area contributed by atoms with Gasteiger partial charge in [-0.15, -0.1) is 0 Å². The molecule has 102 valence electrons. The molecular weight excluding hydrogens is 222 g/mol. The van der Waals surface area contributed by atoms with E-state index in [0.717, 1.165) is 24.7 Å². The van der Waals surface area contributed by atoms with Crippen LogP contribution < -0.4 is 0 Å². The van der Waals surface area contributed by atoms with Crippen molar-refractivity contribution < 1.29 is 5.11 Å². The number of hydrogen-bond acceptors (Lipinski definition) is 2. The zero-order chi connectivity index (χ0) is 12.8. The molecule has 18 heavy (non-hydrogen) atoms. The Bertz CT molecular complexity index is 267. The summed E-state index contributed by atoms with van der Waals surface area (Å²) >= 11 is 0.